The molecule has 0 aliphatic heterocycles. The molecule has 1 aliphatic carbocycles. The molecule has 0 atom stereocenters. The van der Waals surface area contributed by atoms with E-state index in [0.717, 1.165) is 35.5 Å². The Bertz CT molecular complexity index is 1370. The quantitative estimate of drug-likeness (QED) is 0.285. The molecule has 1 saturated carbocycles. The molecule has 5 rings (SSSR count). The van der Waals surface area contributed by atoms with Crippen molar-refractivity contribution in [2.75, 3.05) is 6.54 Å². The van der Waals surface area contributed by atoms with Gasteiger partial charge >= 0.3 is 0 Å². The minimum atomic E-state index is -0.300. The van der Waals surface area contributed by atoms with Gasteiger partial charge in [-0.3, -0.25) is 9.59 Å². The second kappa shape index (κ2) is 9.17. The van der Waals surface area contributed by atoms with Crippen LogP contribution in [0.2, 0.25) is 0 Å². The number of aromatic nitrogens is 3. The third-order valence-electron chi connectivity index (χ3n) is 6.49. The highest BCUT2D eigenvalue weighted by Crippen LogP contribution is 2.25. The van der Waals surface area contributed by atoms with Gasteiger partial charge in [-0.15, -0.1) is 0 Å². The summed E-state index contributed by atoms with van der Waals surface area (Å²) in [5, 5.41) is 15.1. The van der Waals surface area contributed by atoms with Crippen LogP contribution in [0, 0.1) is 5.92 Å². The topological polar surface area (TPSA) is 129 Å². The van der Waals surface area contributed by atoms with Gasteiger partial charge in [0.15, 0.2) is 0 Å². The van der Waals surface area contributed by atoms with E-state index in [9.17, 15) is 9.59 Å². The van der Waals surface area contributed by atoms with Crippen LogP contribution in [0.15, 0.2) is 47.3 Å². The molecule has 4 aromatic rings. The lowest BCUT2D eigenvalue weighted by Crippen LogP contribution is -2.26. The summed E-state index contributed by atoms with van der Waals surface area (Å²) in [7, 11) is 0. The lowest BCUT2D eigenvalue weighted by atomic mass is 9.85. The van der Waals surface area contributed by atoms with Crippen molar-refractivity contribution in [2.24, 2.45) is 11.7 Å². The van der Waals surface area contributed by atoms with Crippen LogP contribution in [0.3, 0.4) is 0 Å². The molecular formula is C25H28N6O2. The van der Waals surface area contributed by atoms with Crippen LogP contribution in [0.4, 0.5) is 0 Å². The lowest BCUT2D eigenvalue weighted by molar-refractivity contribution is 0.0951. The standard InChI is InChI=1S/C25H28N6O2/c26-11-23-21-10-18(6-7-20(21)25(33)31-30-23)24(32)28-13-16-4-5-17-9-19(29-22(17)8-16)14-27-12-15-2-1-3-15/h4-10,15,27,29H,1-3,11-14,26H2,(H,28,32)(H,31,33). The molecule has 8 nitrogen and oxygen atoms in total. The molecule has 8 heteroatoms. The number of carbonyl (C=O) groups is 1. The van der Waals surface area contributed by atoms with Crippen molar-refractivity contribution >= 4 is 27.6 Å². The maximum atomic E-state index is 12.8. The van der Waals surface area contributed by atoms with Crippen LogP contribution >= 0.6 is 0 Å². The average molecular weight is 445 g/mol. The first-order chi connectivity index (χ1) is 16.1. The van der Waals surface area contributed by atoms with E-state index in [2.05, 4.69) is 44.0 Å². The summed E-state index contributed by atoms with van der Waals surface area (Å²) in [6.07, 6.45) is 4.05. The van der Waals surface area contributed by atoms with Crippen LogP contribution in [-0.2, 0) is 19.6 Å². The fraction of sp³-hybridized carbons (Fsp3) is 0.320. The molecule has 0 spiro atoms. The van der Waals surface area contributed by atoms with Gasteiger partial charge in [-0.25, -0.2) is 5.10 Å². The Morgan fingerprint density at radius 2 is 1.97 bits per heavy atom. The second-order valence-corrected chi connectivity index (χ2v) is 8.79. The molecule has 0 bridgehead atoms. The van der Waals surface area contributed by atoms with E-state index in [-0.39, 0.29) is 18.0 Å². The van der Waals surface area contributed by atoms with E-state index in [1.807, 2.05) is 6.07 Å². The lowest BCUT2D eigenvalue weighted by Gasteiger charge is -2.25. The summed E-state index contributed by atoms with van der Waals surface area (Å²) >= 11 is 0. The maximum Gasteiger partial charge on any atom is 0.272 e. The zero-order valence-electron chi connectivity index (χ0n) is 18.4. The Balaban J connectivity index is 1.25. The van der Waals surface area contributed by atoms with Gasteiger partial charge < -0.3 is 21.4 Å². The van der Waals surface area contributed by atoms with Crippen LogP contribution in [-0.4, -0.2) is 27.6 Å². The number of benzene rings is 2. The molecule has 1 amide bonds. The van der Waals surface area contributed by atoms with Crippen molar-refractivity contribution in [3.05, 3.63) is 75.3 Å². The first-order valence-corrected chi connectivity index (χ1v) is 11.4. The summed E-state index contributed by atoms with van der Waals surface area (Å²) in [6.45, 7) is 2.49. The van der Waals surface area contributed by atoms with Crippen LogP contribution in [0.1, 0.15) is 46.6 Å². The van der Waals surface area contributed by atoms with Gasteiger partial charge in [-0.05, 0) is 66.6 Å². The first-order valence-electron chi connectivity index (χ1n) is 11.4. The smallest absolute Gasteiger partial charge is 0.272 e. The first kappa shape index (κ1) is 21.4. The van der Waals surface area contributed by atoms with E-state index in [4.69, 9.17) is 5.73 Å². The van der Waals surface area contributed by atoms with Gasteiger partial charge in [-0.1, -0.05) is 18.6 Å². The van der Waals surface area contributed by atoms with Crippen molar-refractivity contribution in [1.82, 2.24) is 25.8 Å². The number of hydrogen-bond donors (Lipinski definition) is 5. The zero-order valence-corrected chi connectivity index (χ0v) is 18.4. The van der Waals surface area contributed by atoms with E-state index < -0.39 is 0 Å². The average Bonchev–Trinajstić information content (AvgIpc) is 3.21. The largest absolute Gasteiger partial charge is 0.357 e. The molecular weight excluding hydrogens is 416 g/mol. The Morgan fingerprint density at radius 3 is 2.76 bits per heavy atom. The van der Waals surface area contributed by atoms with Crippen LogP contribution in [0.5, 0.6) is 0 Å². The number of aromatic amines is 2. The fourth-order valence-electron chi connectivity index (χ4n) is 4.35. The predicted molar refractivity (Wildman–Crippen MR) is 129 cm³/mol. The Kier molecular flexibility index (Phi) is 5.93. The summed E-state index contributed by atoms with van der Waals surface area (Å²) in [5.41, 5.74) is 9.68. The molecule has 0 unspecified atom stereocenters. The number of H-pyrrole nitrogens is 2. The minimum absolute atomic E-state index is 0.173. The van der Waals surface area contributed by atoms with Gasteiger partial charge in [0, 0.05) is 41.8 Å². The van der Waals surface area contributed by atoms with E-state index in [1.165, 1.54) is 25.0 Å². The molecule has 0 saturated heterocycles. The second-order valence-electron chi connectivity index (χ2n) is 8.79. The Morgan fingerprint density at radius 1 is 1.09 bits per heavy atom. The van der Waals surface area contributed by atoms with Crippen molar-refractivity contribution < 1.29 is 4.79 Å². The molecule has 6 N–H and O–H groups in total. The molecule has 1 fully saturated rings. The Labute approximate surface area is 191 Å². The minimum Gasteiger partial charge on any atom is -0.357 e. The molecule has 2 aromatic heterocycles. The molecule has 1 aliphatic rings. The zero-order chi connectivity index (χ0) is 22.8. The maximum absolute atomic E-state index is 12.8. The molecule has 33 heavy (non-hydrogen) atoms. The van der Waals surface area contributed by atoms with Crippen molar-refractivity contribution in [1.29, 1.82) is 0 Å². The van der Waals surface area contributed by atoms with Crippen LogP contribution in [0.25, 0.3) is 21.7 Å². The van der Waals surface area contributed by atoms with Gasteiger partial charge in [-0.2, -0.15) is 5.10 Å². The van der Waals surface area contributed by atoms with Crippen molar-refractivity contribution in [2.45, 2.75) is 38.9 Å². The third kappa shape index (κ3) is 4.53. The normalized spacial score (nSPS) is 14.0. The highest BCUT2D eigenvalue weighted by molar-refractivity contribution is 5.98. The number of hydrogen-bond acceptors (Lipinski definition) is 5. The summed E-state index contributed by atoms with van der Waals surface area (Å²) < 4.78 is 0. The summed E-state index contributed by atoms with van der Waals surface area (Å²) in [5.74, 6) is 0.624. The predicted octanol–water partition coefficient (Wildman–Crippen LogP) is 2.68. The number of nitrogens with zero attached hydrogens (tertiary/aromatic N) is 1. The molecule has 2 heterocycles. The Hall–Kier alpha value is -3.49. The summed E-state index contributed by atoms with van der Waals surface area (Å²) in [6, 6.07) is 13.3. The van der Waals surface area contributed by atoms with Crippen LogP contribution < -0.4 is 21.9 Å². The van der Waals surface area contributed by atoms with Gasteiger partial charge in [0.1, 0.15) is 0 Å². The molecule has 2 aromatic carbocycles. The van der Waals surface area contributed by atoms with E-state index >= 15 is 0 Å². The number of fused-ring (bicyclic) bond motifs is 2. The molecule has 170 valence electrons. The number of carbonyl (C=O) groups excluding carboxylic acids is 1. The third-order valence-corrected chi connectivity index (χ3v) is 6.49. The fourth-order valence-corrected chi connectivity index (χ4v) is 4.35. The number of nitrogens with one attached hydrogen (secondary N) is 4. The SMILES string of the molecule is NCc1n[nH]c(=O)c2ccc(C(=O)NCc3ccc4cc(CNCC5CCC5)[nH]c4c3)cc12. The van der Waals surface area contributed by atoms with E-state index in [0.29, 0.717) is 28.6 Å². The highest BCUT2D eigenvalue weighted by Gasteiger charge is 2.16. The highest BCUT2D eigenvalue weighted by atomic mass is 16.1. The number of nitrogens with two attached hydrogens (primary N) is 1. The number of amides is 1. The van der Waals surface area contributed by atoms with Gasteiger partial charge in [0.2, 0.25) is 0 Å². The van der Waals surface area contributed by atoms with Gasteiger partial charge in [0.05, 0.1) is 11.1 Å². The summed E-state index contributed by atoms with van der Waals surface area (Å²) in [4.78, 5) is 28.2. The monoisotopic (exact) mass is 444 g/mol. The number of rotatable bonds is 8. The van der Waals surface area contributed by atoms with Gasteiger partial charge in [0.25, 0.3) is 11.5 Å². The molecule has 0 radical (unpaired) electrons. The van der Waals surface area contributed by atoms with E-state index in [1.54, 1.807) is 18.2 Å². The van der Waals surface area contributed by atoms with Crippen molar-refractivity contribution in [3.8, 4) is 0 Å². The van der Waals surface area contributed by atoms with Crippen molar-refractivity contribution in [3.63, 3.8) is 0 Å².